The van der Waals surface area contributed by atoms with E-state index < -0.39 is 97.5 Å². The van der Waals surface area contributed by atoms with Crippen LogP contribution in [0.1, 0.15) is 312 Å². The van der Waals surface area contributed by atoms with Gasteiger partial charge in [-0.2, -0.15) is 0 Å². The van der Waals surface area contributed by atoms with Crippen molar-refractivity contribution in [2.45, 2.75) is 331 Å². The summed E-state index contributed by atoms with van der Waals surface area (Å²) < 4.78 is 68.0. The molecule has 84 heavy (non-hydrogen) atoms. The third-order valence-corrected chi connectivity index (χ3v) is 16.7. The lowest BCUT2D eigenvalue weighted by Gasteiger charge is -2.21. The molecule has 0 aliphatic rings. The Kier molecular flexibility index (Phi) is 53.9. The Bertz CT molecular complexity index is 1680. The van der Waals surface area contributed by atoms with Gasteiger partial charge in [0.05, 0.1) is 26.4 Å². The Morgan fingerprint density at radius 1 is 0.298 bits per heavy atom. The second-order valence-corrected chi connectivity index (χ2v) is 28.3. The van der Waals surface area contributed by atoms with Crippen LogP contribution in [0, 0.1) is 23.7 Å². The summed E-state index contributed by atoms with van der Waals surface area (Å²) in [7, 11) is -9.89. The summed E-state index contributed by atoms with van der Waals surface area (Å²) in [6.45, 7) is 13.9. The molecule has 0 aromatic heterocycles. The highest BCUT2D eigenvalue weighted by molar-refractivity contribution is 7.47. The number of ether oxygens (including phenoxy) is 4. The Hall–Kier alpha value is -1.94. The summed E-state index contributed by atoms with van der Waals surface area (Å²) in [5.41, 5.74) is 0. The highest BCUT2D eigenvalue weighted by atomic mass is 31.2. The van der Waals surface area contributed by atoms with Crippen LogP contribution in [0.3, 0.4) is 0 Å². The number of phosphoric ester groups is 2. The van der Waals surface area contributed by atoms with Gasteiger partial charge in [0.15, 0.2) is 12.2 Å². The molecule has 0 radical (unpaired) electrons. The van der Waals surface area contributed by atoms with E-state index in [1.54, 1.807) is 0 Å². The third kappa shape index (κ3) is 59.0. The number of rotatable bonds is 62. The summed E-state index contributed by atoms with van der Waals surface area (Å²) in [5, 5.41) is 10.5. The normalized spacial score (nSPS) is 14.4. The number of carbonyl (C=O) groups is 4. The second-order valence-electron chi connectivity index (χ2n) is 25.4. The highest BCUT2D eigenvalue weighted by Gasteiger charge is 2.30. The van der Waals surface area contributed by atoms with Gasteiger partial charge in [-0.15, -0.1) is 0 Å². The molecule has 0 aliphatic heterocycles. The van der Waals surface area contributed by atoms with Gasteiger partial charge in [0.25, 0.3) is 0 Å². The number of hydrogen-bond donors (Lipinski definition) is 3. The number of carbonyl (C=O) groups excluding carboxylic acids is 4. The van der Waals surface area contributed by atoms with Crippen molar-refractivity contribution < 1.29 is 80.2 Å². The van der Waals surface area contributed by atoms with E-state index in [9.17, 15) is 43.2 Å². The minimum atomic E-state index is -4.95. The first-order chi connectivity index (χ1) is 40.1. The lowest BCUT2D eigenvalue weighted by Crippen LogP contribution is -2.30. The molecule has 0 amide bonds. The monoisotopic (exact) mass is 1240 g/mol. The van der Waals surface area contributed by atoms with E-state index in [4.69, 9.17) is 37.0 Å². The Morgan fingerprint density at radius 2 is 0.500 bits per heavy atom. The van der Waals surface area contributed by atoms with Crippen molar-refractivity contribution in [2.24, 2.45) is 23.7 Å². The van der Waals surface area contributed by atoms with Crippen LogP contribution in [0.4, 0.5) is 0 Å². The minimum absolute atomic E-state index is 0.101. The van der Waals surface area contributed by atoms with Crippen LogP contribution in [0.25, 0.3) is 0 Å². The van der Waals surface area contributed by atoms with Crippen molar-refractivity contribution in [3.05, 3.63) is 0 Å². The summed E-state index contributed by atoms with van der Waals surface area (Å²) in [6.07, 6.45) is 35.1. The summed E-state index contributed by atoms with van der Waals surface area (Å²) in [5.74, 6) is 0.724. The van der Waals surface area contributed by atoms with Crippen LogP contribution < -0.4 is 0 Å². The highest BCUT2D eigenvalue weighted by Crippen LogP contribution is 2.45. The van der Waals surface area contributed by atoms with Crippen molar-refractivity contribution in [1.29, 1.82) is 0 Å². The predicted octanol–water partition coefficient (Wildman–Crippen LogP) is 17.8. The largest absolute Gasteiger partial charge is 0.472 e. The lowest BCUT2D eigenvalue weighted by molar-refractivity contribution is -0.161. The van der Waals surface area contributed by atoms with E-state index in [2.05, 4.69) is 55.4 Å². The van der Waals surface area contributed by atoms with E-state index in [-0.39, 0.29) is 25.7 Å². The zero-order valence-corrected chi connectivity index (χ0v) is 56.3. The summed E-state index contributed by atoms with van der Waals surface area (Å²) >= 11 is 0. The molecule has 0 aromatic carbocycles. The van der Waals surface area contributed by atoms with Crippen molar-refractivity contribution in [3.63, 3.8) is 0 Å². The van der Waals surface area contributed by atoms with Gasteiger partial charge in [0.1, 0.15) is 19.3 Å². The third-order valence-electron chi connectivity index (χ3n) is 14.8. The topological polar surface area (TPSA) is 237 Å². The number of aliphatic hydroxyl groups is 1. The van der Waals surface area contributed by atoms with Gasteiger partial charge in [-0.25, -0.2) is 9.13 Å². The molecule has 0 rings (SSSR count). The molecule has 0 fully saturated rings. The number of phosphoric acid groups is 2. The zero-order valence-electron chi connectivity index (χ0n) is 54.5. The van der Waals surface area contributed by atoms with Crippen molar-refractivity contribution in [3.8, 4) is 0 Å². The van der Waals surface area contributed by atoms with Gasteiger partial charge in [-0.3, -0.25) is 37.3 Å². The van der Waals surface area contributed by atoms with Crippen LogP contribution in [0.2, 0.25) is 0 Å². The van der Waals surface area contributed by atoms with E-state index in [1.165, 1.54) is 109 Å². The fourth-order valence-electron chi connectivity index (χ4n) is 9.61. The molecule has 19 heteroatoms. The second kappa shape index (κ2) is 55.2. The van der Waals surface area contributed by atoms with Crippen LogP contribution in [-0.4, -0.2) is 96.7 Å². The molecule has 3 unspecified atom stereocenters. The number of aliphatic hydroxyl groups excluding tert-OH is 1. The molecule has 5 atom stereocenters. The number of esters is 4. The van der Waals surface area contributed by atoms with Crippen LogP contribution in [0.15, 0.2) is 0 Å². The molecule has 3 N–H and O–H groups in total. The Balaban J connectivity index is 5.24. The Morgan fingerprint density at radius 3 is 0.738 bits per heavy atom. The van der Waals surface area contributed by atoms with Gasteiger partial charge in [-0.05, 0) is 49.4 Å². The summed E-state index contributed by atoms with van der Waals surface area (Å²) in [4.78, 5) is 72.2. The van der Waals surface area contributed by atoms with Crippen molar-refractivity contribution in [2.75, 3.05) is 39.6 Å². The smallest absolute Gasteiger partial charge is 0.462 e. The van der Waals surface area contributed by atoms with E-state index >= 15 is 0 Å². The van der Waals surface area contributed by atoms with E-state index in [1.807, 2.05) is 0 Å². The average Bonchev–Trinajstić information content (AvgIpc) is 3.46. The zero-order chi connectivity index (χ0) is 62.5. The van der Waals surface area contributed by atoms with Crippen molar-refractivity contribution >= 4 is 39.5 Å². The van der Waals surface area contributed by atoms with Gasteiger partial charge in [0, 0.05) is 25.7 Å². The SMILES string of the molecule is CC(C)CCCCCCCCCCCCCC(=O)O[C@H](COC(=O)CCCCCCCCCC(C)C)COP(=O)(O)OCC(O)COP(=O)(O)OC[C@@H](COC(=O)CCCCCCCCCCC(C)C)OC(=O)CCCCCCCCC(C)C. The average molecular weight is 1240 g/mol. The summed E-state index contributed by atoms with van der Waals surface area (Å²) in [6, 6.07) is 0. The first-order valence-corrected chi connectivity index (χ1v) is 36.7. The maximum atomic E-state index is 13.0. The van der Waals surface area contributed by atoms with Gasteiger partial charge in [-0.1, -0.05) is 261 Å². The fourth-order valence-corrected chi connectivity index (χ4v) is 11.2. The van der Waals surface area contributed by atoms with Crippen molar-refractivity contribution in [1.82, 2.24) is 0 Å². The number of hydrogen-bond acceptors (Lipinski definition) is 15. The fraction of sp³-hybridized carbons (Fsp3) is 0.938. The molecule has 0 heterocycles. The molecular weight excluding hydrogens is 1110 g/mol. The molecular formula is C65H126O17P2. The molecule has 0 aliphatic carbocycles. The first-order valence-electron chi connectivity index (χ1n) is 33.7. The molecule has 0 bridgehead atoms. The van der Waals surface area contributed by atoms with Gasteiger partial charge in [0.2, 0.25) is 0 Å². The van der Waals surface area contributed by atoms with E-state index in [0.717, 1.165) is 108 Å². The van der Waals surface area contributed by atoms with E-state index in [0.29, 0.717) is 37.5 Å². The molecule has 0 spiro atoms. The maximum absolute atomic E-state index is 13.0. The maximum Gasteiger partial charge on any atom is 0.472 e. The van der Waals surface area contributed by atoms with Crippen LogP contribution in [0.5, 0.6) is 0 Å². The van der Waals surface area contributed by atoms with Crippen LogP contribution in [-0.2, 0) is 65.4 Å². The minimum Gasteiger partial charge on any atom is -0.462 e. The molecule has 0 aromatic rings. The van der Waals surface area contributed by atoms with Gasteiger partial charge < -0.3 is 33.8 Å². The molecule has 498 valence electrons. The van der Waals surface area contributed by atoms with Gasteiger partial charge >= 0.3 is 39.5 Å². The van der Waals surface area contributed by atoms with Crippen LogP contribution >= 0.6 is 15.6 Å². The lowest BCUT2D eigenvalue weighted by atomic mass is 10.0. The standard InChI is InChI=1S/C65H126O17P2/c1-55(2)41-33-25-17-12-10-9-11-13-21-31-39-47-64(69)81-60(51-76-63(68)46-38-30-22-16-19-27-35-43-57(5)6)53-79-83(71,72)77-49-59(66)50-78-84(73,74)80-54-61(82-65(70)48-40-32-24-23-28-36-44-58(7)8)52-75-62(67)45-37-29-20-15-14-18-26-34-42-56(3)4/h55-61,66H,9-54H2,1-8H3,(H,71,72)(H,73,74)/t59?,60-,61-/m1/s1. The molecule has 0 saturated carbocycles. The first kappa shape index (κ1) is 82.1. The molecule has 17 nitrogen and oxygen atoms in total. The Labute approximate surface area is 511 Å². The molecule has 0 saturated heterocycles. The predicted molar refractivity (Wildman–Crippen MR) is 335 cm³/mol. The number of unbranched alkanes of at least 4 members (excludes halogenated alkanes) is 28. The quantitative estimate of drug-likeness (QED) is 0.0222.